The molecule has 1 N–H and O–H groups in total. The van der Waals surface area contributed by atoms with Crippen LogP contribution >= 0.6 is 0 Å². The van der Waals surface area contributed by atoms with E-state index in [0.717, 1.165) is 55.9 Å². The number of rotatable bonds is 6. The molecule has 1 aromatic rings. The van der Waals surface area contributed by atoms with E-state index in [0.29, 0.717) is 6.10 Å². The van der Waals surface area contributed by atoms with E-state index < -0.39 is 0 Å². The van der Waals surface area contributed by atoms with Crippen LogP contribution in [0, 0.1) is 11.3 Å². The molecule has 1 heterocycles. The zero-order valence-corrected chi connectivity index (χ0v) is 12.4. The predicted molar refractivity (Wildman–Crippen MR) is 80.8 cm³/mol. The van der Waals surface area contributed by atoms with Crippen LogP contribution in [-0.4, -0.2) is 32.8 Å². The predicted octanol–water partition coefficient (Wildman–Crippen LogP) is 2.28. The number of ether oxygens (including phenoxy) is 1. The summed E-state index contributed by atoms with van der Waals surface area (Å²) >= 11 is 0. The number of benzene rings is 1. The highest BCUT2D eigenvalue weighted by Crippen LogP contribution is 2.22. The van der Waals surface area contributed by atoms with Crippen LogP contribution in [0.3, 0.4) is 0 Å². The molecular formula is C16H23N3O. The van der Waals surface area contributed by atoms with Gasteiger partial charge in [0.1, 0.15) is 6.07 Å². The van der Waals surface area contributed by atoms with Gasteiger partial charge in [-0.15, -0.1) is 0 Å². The molecule has 0 spiro atoms. The van der Waals surface area contributed by atoms with E-state index in [4.69, 9.17) is 4.74 Å². The van der Waals surface area contributed by atoms with Crippen LogP contribution in [0.5, 0.6) is 0 Å². The van der Waals surface area contributed by atoms with Crippen LogP contribution in [0.1, 0.15) is 30.9 Å². The molecule has 1 aromatic carbocycles. The fraction of sp³-hybridized carbons (Fsp3) is 0.562. The highest BCUT2D eigenvalue weighted by atomic mass is 16.5. The van der Waals surface area contributed by atoms with Crippen LogP contribution in [0.2, 0.25) is 0 Å². The number of nitrogens with zero attached hydrogens (tertiary/aromatic N) is 2. The zero-order chi connectivity index (χ0) is 14.4. The molecule has 0 aromatic heterocycles. The number of hydrogen-bond acceptors (Lipinski definition) is 4. The van der Waals surface area contributed by atoms with E-state index in [9.17, 15) is 5.26 Å². The second-order valence-electron chi connectivity index (χ2n) is 5.26. The quantitative estimate of drug-likeness (QED) is 0.864. The molecule has 1 aliphatic rings. The first kappa shape index (κ1) is 14.8. The smallest absolute Gasteiger partial charge is 0.101 e. The third-order valence-corrected chi connectivity index (χ3v) is 3.67. The van der Waals surface area contributed by atoms with E-state index in [1.807, 2.05) is 19.2 Å². The Morgan fingerprint density at radius 2 is 2.35 bits per heavy atom. The summed E-state index contributed by atoms with van der Waals surface area (Å²) < 4.78 is 5.66. The SMILES string of the molecule is CCNCc1ccc(N(C)CC2CCCO2)c(C#N)c1. The lowest BCUT2D eigenvalue weighted by atomic mass is 10.1. The number of nitrogens with one attached hydrogen (secondary N) is 1. The summed E-state index contributed by atoms with van der Waals surface area (Å²) in [5.41, 5.74) is 2.88. The minimum absolute atomic E-state index is 0.299. The molecular weight excluding hydrogens is 250 g/mol. The number of likely N-dealkylation sites (N-methyl/N-ethyl adjacent to an activating group) is 1. The van der Waals surface area contributed by atoms with Crippen molar-refractivity contribution in [3.63, 3.8) is 0 Å². The second kappa shape index (κ2) is 7.28. The Labute approximate surface area is 121 Å². The van der Waals surface area contributed by atoms with Gasteiger partial charge in [-0.05, 0) is 37.1 Å². The summed E-state index contributed by atoms with van der Waals surface area (Å²) in [6.45, 7) is 5.53. The van der Waals surface area contributed by atoms with Crippen molar-refractivity contribution in [2.45, 2.75) is 32.4 Å². The van der Waals surface area contributed by atoms with Crippen molar-refractivity contribution in [3.8, 4) is 6.07 Å². The average molecular weight is 273 g/mol. The maximum absolute atomic E-state index is 9.35. The normalized spacial score (nSPS) is 17.9. The van der Waals surface area contributed by atoms with E-state index in [2.05, 4.69) is 29.3 Å². The largest absolute Gasteiger partial charge is 0.376 e. The topological polar surface area (TPSA) is 48.3 Å². The fourth-order valence-corrected chi connectivity index (χ4v) is 2.58. The van der Waals surface area contributed by atoms with Crippen LogP contribution < -0.4 is 10.2 Å². The maximum Gasteiger partial charge on any atom is 0.101 e. The summed E-state index contributed by atoms with van der Waals surface area (Å²) in [6, 6.07) is 8.41. The number of nitriles is 1. The van der Waals surface area contributed by atoms with Crippen molar-refractivity contribution < 1.29 is 4.74 Å². The minimum Gasteiger partial charge on any atom is -0.376 e. The second-order valence-corrected chi connectivity index (χ2v) is 5.26. The Morgan fingerprint density at radius 1 is 1.50 bits per heavy atom. The molecule has 0 radical (unpaired) electrons. The molecule has 0 amide bonds. The Kier molecular flexibility index (Phi) is 5.40. The molecule has 0 aliphatic carbocycles. The Morgan fingerprint density at radius 3 is 3.00 bits per heavy atom. The summed E-state index contributed by atoms with van der Waals surface area (Å²) in [7, 11) is 2.03. The Balaban J connectivity index is 2.07. The van der Waals surface area contributed by atoms with Gasteiger partial charge in [-0.1, -0.05) is 13.0 Å². The van der Waals surface area contributed by atoms with Crippen molar-refractivity contribution in [2.24, 2.45) is 0 Å². The van der Waals surface area contributed by atoms with Gasteiger partial charge in [0.15, 0.2) is 0 Å². The molecule has 0 bridgehead atoms. The lowest BCUT2D eigenvalue weighted by Gasteiger charge is -2.24. The van der Waals surface area contributed by atoms with Crippen LogP contribution in [0.4, 0.5) is 5.69 Å². The van der Waals surface area contributed by atoms with Crippen molar-refractivity contribution >= 4 is 5.69 Å². The van der Waals surface area contributed by atoms with Crippen LogP contribution in [-0.2, 0) is 11.3 Å². The molecule has 1 fully saturated rings. The molecule has 1 aliphatic heterocycles. The van der Waals surface area contributed by atoms with Crippen molar-refractivity contribution in [1.82, 2.24) is 5.32 Å². The summed E-state index contributed by atoms with van der Waals surface area (Å²) in [5.74, 6) is 0. The van der Waals surface area contributed by atoms with Gasteiger partial charge in [-0.2, -0.15) is 5.26 Å². The maximum atomic E-state index is 9.35. The third kappa shape index (κ3) is 3.72. The molecule has 1 saturated heterocycles. The van der Waals surface area contributed by atoms with Crippen LogP contribution in [0.15, 0.2) is 18.2 Å². The monoisotopic (exact) mass is 273 g/mol. The van der Waals surface area contributed by atoms with E-state index in [1.54, 1.807) is 0 Å². The minimum atomic E-state index is 0.299. The molecule has 1 unspecified atom stereocenters. The van der Waals surface area contributed by atoms with Crippen molar-refractivity contribution in [2.75, 3.05) is 31.6 Å². The Hall–Kier alpha value is -1.57. The molecule has 4 heteroatoms. The van der Waals surface area contributed by atoms with E-state index in [-0.39, 0.29) is 0 Å². The zero-order valence-electron chi connectivity index (χ0n) is 12.4. The molecule has 4 nitrogen and oxygen atoms in total. The molecule has 0 saturated carbocycles. The van der Waals surface area contributed by atoms with Crippen LogP contribution in [0.25, 0.3) is 0 Å². The van der Waals surface area contributed by atoms with Gasteiger partial charge in [-0.25, -0.2) is 0 Å². The van der Waals surface area contributed by atoms with Gasteiger partial charge < -0.3 is 15.0 Å². The molecule has 108 valence electrons. The first-order valence-corrected chi connectivity index (χ1v) is 7.31. The highest BCUT2D eigenvalue weighted by molar-refractivity contribution is 5.60. The molecule has 20 heavy (non-hydrogen) atoms. The fourth-order valence-electron chi connectivity index (χ4n) is 2.58. The summed E-state index contributed by atoms with van der Waals surface area (Å²) in [5, 5.41) is 12.6. The number of anilines is 1. The van der Waals surface area contributed by atoms with E-state index >= 15 is 0 Å². The van der Waals surface area contributed by atoms with Gasteiger partial charge in [-0.3, -0.25) is 0 Å². The first-order chi connectivity index (χ1) is 9.74. The Bertz CT molecular complexity index is 475. The number of hydrogen-bond donors (Lipinski definition) is 1. The lowest BCUT2D eigenvalue weighted by Crippen LogP contribution is -2.29. The molecule has 1 atom stereocenters. The molecule has 2 rings (SSSR count). The highest BCUT2D eigenvalue weighted by Gasteiger charge is 2.18. The lowest BCUT2D eigenvalue weighted by molar-refractivity contribution is 0.116. The van der Waals surface area contributed by atoms with Crippen molar-refractivity contribution in [3.05, 3.63) is 29.3 Å². The van der Waals surface area contributed by atoms with Gasteiger partial charge >= 0.3 is 0 Å². The van der Waals surface area contributed by atoms with Gasteiger partial charge in [0.2, 0.25) is 0 Å². The third-order valence-electron chi connectivity index (χ3n) is 3.67. The summed E-state index contributed by atoms with van der Waals surface area (Å²) in [6.07, 6.45) is 2.56. The average Bonchev–Trinajstić information content (AvgIpc) is 2.97. The van der Waals surface area contributed by atoms with Gasteiger partial charge in [0, 0.05) is 26.7 Å². The van der Waals surface area contributed by atoms with Gasteiger partial charge in [0.05, 0.1) is 17.4 Å². The van der Waals surface area contributed by atoms with E-state index in [1.165, 1.54) is 0 Å². The summed E-state index contributed by atoms with van der Waals surface area (Å²) in [4.78, 5) is 2.13. The first-order valence-electron chi connectivity index (χ1n) is 7.31. The van der Waals surface area contributed by atoms with Gasteiger partial charge in [0.25, 0.3) is 0 Å². The standard InChI is InChI=1S/C16H23N3O/c1-3-18-11-13-6-7-16(14(9-13)10-17)19(2)12-15-5-4-8-20-15/h6-7,9,15,18H,3-5,8,11-12H2,1-2H3. The van der Waals surface area contributed by atoms with Crippen molar-refractivity contribution in [1.29, 1.82) is 5.26 Å².